The van der Waals surface area contributed by atoms with Crippen molar-refractivity contribution < 1.29 is 19.1 Å². The molecular weight excluding hydrogens is 400 g/mol. The Morgan fingerprint density at radius 3 is 2.68 bits per heavy atom. The number of thiazole rings is 1. The molecule has 146 valence electrons. The zero-order valence-electron chi connectivity index (χ0n) is 15.7. The Bertz CT molecular complexity index is 1120. The summed E-state index contributed by atoms with van der Waals surface area (Å²) < 4.78 is 12.9. The predicted octanol–water partition coefficient (Wildman–Crippen LogP) is 3.98. The number of amides is 1. The first kappa shape index (κ1) is 20.1. The summed E-state index contributed by atoms with van der Waals surface area (Å²) in [6.45, 7) is 3.82. The van der Waals surface area contributed by atoms with Gasteiger partial charge in [-0.2, -0.15) is 4.99 Å². The van der Waals surface area contributed by atoms with E-state index in [1.807, 2.05) is 13.0 Å². The Morgan fingerprint density at radius 1 is 1.21 bits per heavy atom. The van der Waals surface area contributed by atoms with Gasteiger partial charge in [0.15, 0.2) is 4.80 Å². The van der Waals surface area contributed by atoms with Gasteiger partial charge in [0.05, 0.1) is 29.5 Å². The number of hydrogen-bond donors (Lipinski definition) is 0. The third-order valence-electron chi connectivity index (χ3n) is 4.16. The minimum absolute atomic E-state index is 0.0624. The Morgan fingerprint density at radius 2 is 1.96 bits per heavy atom. The molecule has 3 rings (SSSR count). The fourth-order valence-electron chi connectivity index (χ4n) is 2.85. The van der Waals surface area contributed by atoms with Crippen molar-refractivity contribution in [1.29, 1.82) is 0 Å². The number of halogens is 1. The molecule has 0 aliphatic rings. The van der Waals surface area contributed by atoms with Crippen molar-refractivity contribution in [2.24, 2.45) is 4.99 Å². The molecule has 0 unspecified atom stereocenters. The normalized spacial score (nSPS) is 11.6. The second-order valence-corrected chi connectivity index (χ2v) is 7.33. The van der Waals surface area contributed by atoms with Crippen LogP contribution in [-0.2, 0) is 16.1 Å². The SMILES string of the molecule is CCOC(=O)Cn1c(=NC(=O)c2ccccc2OC)sc2ccc(Cl)c(C)c21. The van der Waals surface area contributed by atoms with Crippen molar-refractivity contribution in [2.45, 2.75) is 20.4 Å². The molecule has 28 heavy (non-hydrogen) atoms. The van der Waals surface area contributed by atoms with Gasteiger partial charge < -0.3 is 14.0 Å². The highest BCUT2D eigenvalue weighted by Gasteiger charge is 2.17. The van der Waals surface area contributed by atoms with E-state index in [1.54, 1.807) is 41.8 Å². The van der Waals surface area contributed by atoms with Crippen LogP contribution in [0.5, 0.6) is 5.75 Å². The van der Waals surface area contributed by atoms with Crippen LogP contribution in [0.4, 0.5) is 0 Å². The highest BCUT2D eigenvalue weighted by atomic mass is 35.5. The maximum atomic E-state index is 12.8. The van der Waals surface area contributed by atoms with Crippen LogP contribution in [0.1, 0.15) is 22.8 Å². The van der Waals surface area contributed by atoms with Crippen LogP contribution in [0.25, 0.3) is 10.2 Å². The molecular formula is C20H19ClN2O4S. The zero-order valence-corrected chi connectivity index (χ0v) is 17.3. The van der Waals surface area contributed by atoms with Crippen molar-refractivity contribution >= 4 is 45.0 Å². The number of hydrogen-bond acceptors (Lipinski definition) is 5. The summed E-state index contributed by atoms with van der Waals surface area (Å²) in [5.41, 5.74) is 1.92. The van der Waals surface area contributed by atoms with E-state index in [4.69, 9.17) is 21.1 Å². The Balaban J connectivity index is 2.19. The molecule has 1 aromatic heterocycles. The molecule has 6 nitrogen and oxygen atoms in total. The van der Waals surface area contributed by atoms with E-state index in [9.17, 15) is 9.59 Å². The first-order valence-electron chi connectivity index (χ1n) is 8.62. The van der Waals surface area contributed by atoms with Crippen molar-refractivity contribution in [3.05, 3.63) is 57.3 Å². The smallest absolute Gasteiger partial charge is 0.326 e. The summed E-state index contributed by atoms with van der Waals surface area (Å²) in [5, 5.41) is 0.575. The number of ether oxygens (including phenoxy) is 2. The van der Waals surface area contributed by atoms with Crippen LogP contribution in [-0.4, -0.2) is 30.2 Å². The number of esters is 1. The second kappa shape index (κ2) is 8.58. The maximum Gasteiger partial charge on any atom is 0.326 e. The molecule has 2 aromatic carbocycles. The maximum absolute atomic E-state index is 12.8. The van der Waals surface area contributed by atoms with E-state index >= 15 is 0 Å². The quantitative estimate of drug-likeness (QED) is 0.588. The summed E-state index contributed by atoms with van der Waals surface area (Å²) in [7, 11) is 1.50. The first-order valence-corrected chi connectivity index (χ1v) is 9.81. The Labute approximate surface area is 171 Å². The van der Waals surface area contributed by atoms with E-state index in [-0.39, 0.29) is 13.2 Å². The number of rotatable bonds is 5. The number of fused-ring (bicyclic) bond motifs is 1. The lowest BCUT2D eigenvalue weighted by Gasteiger charge is -2.08. The monoisotopic (exact) mass is 418 g/mol. The predicted molar refractivity (Wildman–Crippen MR) is 109 cm³/mol. The van der Waals surface area contributed by atoms with Gasteiger partial charge in [0, 0.05) is 5.02 Å². The van der Waals surface area contributed by atoms with E-state index < -0.39 is 11.9 Å². The van der Waals surface area contributed by atoms with E-state index in [0.717, 1.165) is 15.8 Å². The summed E-state index contributed by atoms with van der Waals surface area (Å²) in [6.07, 6.45) is 0. The summed E-state index contributed by atoms with van der Waals surface area (Å²) in [6, 6.07) is 10.5. The molecule has 3 aromatic rings. The van der Waals surface area contributed by atoms with E-state index in [1.165, 1.54) is 18.4 Å². The van der Waals surface area contributed by atoms with Gasteiger partial charge in [-0.25, -0.2) is 0 Å². The standard InChI is InChI=1S/C20H19ClN2O4S/c1-4-27-17(24)11-23-18-12(2)14(21)9-10-16(18)28-20(23)22-19(25)13-7-5-6-8-15(13)26-3/h5-10H,4,11H2,1-3H3. The number of methoxy groups -OCH3 is 1. The molecule has 0 atom stereocenters. The van der Waals surface area contributed by atoms with Gasteiger partial charge >= 0.3 is 5.97 Å². The van der Waals surface area contributed by atoms with Crippen LogP contribution in [0, 0.1) is 6.92 Å². The number of para-hydroxylation sites is 1. The average Bonchev–Trinajstić information content (AvgIpc) is 3.02. The Hall–Kier alpha value is -2.64. The third-order valence-corrected chi connectivity index (χ3v) is 5.61. The van der Waals surface area contributed by atoms with Crippen molar-refractivity contribution in [3.8, 4) is 5.75 Å². The molecule has 0 fully saturated rings. The number of benzene rings is 2. The minimum atomic E-state index is -0.453. The molecule has 0 saturated carbocycles. The van der Waals surface area contributed by atoms with Crippen LogP contribution >= 0.6 is 22.9 Å². The summed E-state index contributed by atoms with van der Waals surface area (Å²) in [4.78, 5) is 29.6. The number of aromatic nitrogens is 1. The van der Waals surface area contributed by atoms with Gasteiger partial charge in [-0.05, 0) is 43.7 Å². The van der Waals surface area contributed by atoms with Crippen LogP contribution in [0.3, 0.4) is 0 Å². The topological polar surface area (TPSA) is 69.9 Å². The molecule has 0 spiro atoms. The number of aryl methyl sites for hydroxylation is 1. The fourth-order valence-corrected chi connectivity index (χ4v) is 4.09. The van der Waals surface area contributed by atoms with Crippen LogP contribution < -0.4 is 9.54 Å². The van der Waals surface area contributed by atoms with Gasteiger partial charge in [-0.15, -0.1) is 0 Å². The highest BCUT2D eigenvalue weighted by molar-refractivity contribution is 7.16. The third kappa shape index (κ3) is 3.95. The minimum Gasteiger partial charge on any atom is -0.496 e. The molecule has 0 bridgehead atoms. The summed E-state index contributed by atoms with van der Waals surface area (Å²) >= 11 is 7.58. The van der Waals surface area contributed by atoms with Gasteiger partial charge in [0.2, 0.25) is 0 Å². The molecule has 1 amide bonds. The fraction of sp³-hybridized carbons (Fsp3) is 0.250. The number of nitrogens with zero attached hydrogens (tertiary/aromatic N) is 2. The molecule has 1 heterocycles. The first-order chi connectivity index (χ1) is 13.5. The lowest BCUT2D eigenvalue weighted by atomic mass is 10.2. The van der Waals surface area contributed by atoms with E-state index in [0.29, 0.717) is 21.1 Å². The van der Waals surface area contributed by atoms with Crippen LogP contribution in [0.2, 0.25) is 5.02 Å². The van der Waals surface area contributed by atoms with Gasteiger partial charge in [0.1, 0.15) is 12.3 Å². The van der Waals surface area contributed by atoms with Crippen molar-refractivity contribution in [2.75, 3.05) is 13.7 Å². The molecule has 8 heteroatoms. The summed E-state index contributed by atoms with van der Waals surface area (Å²) in [5.74, 6) is -0.424. The number of carbonyl (C=O) groups excluding carboxylic acids is 2. The molecule has 0 aliphatic carbocycles. The molecule has 0 N–H and O–H groups in total. The van der Waals surface area contributed by atoms with Crippen molar-refractivity contribution in [1.82, 2.24) is 4.57 Å². The van der Waals surface area contributed by atoms with Gasteiger partial charge in [0.25, 0.3) is 5.91 Å². The zero-order chi connectivity index (χ0) is 20.3. The average molecular weight is 419 g/mol. The van der Waals surface area contributed by atoms with E-state index in [2.05, 4.69) is 4.99 Å². The van der Waals surface area contributed by atoms with Gasteiger partial charge in [-0.3, -0.25) is 9.59 Å². The molecule has 0 radical (unpaired) electrons. The van der Waals surface area contributed by atoms with Crippen LogP contribution in [0.15, 0.2) is 41.4 Å². The van der Waals surface area contributed by atoms with Gasteiger partial charge in [-0.1, -0.05) is 35.1 Å². The second-order valence-electron chi connectivity index (χ2n) is 5.91. The van der Waals surface area contributed by atoms with Crippen molar-refractivity contribution in [3.63, 3.8) is 0 Å². The largest absolute Gasteiger partial charge is 0.496 e. The lowest BCUT2D eigenvalue weighted by Crippen LogP contribution is -2.23. The molecule has 0 aliphatic heterocycles. The molecule has 0 saturated heterocycles. The number of carbonyl (C=O) groups is 2. The lowest BCUT2D eigenvalue weighted by molar-refractivity contribution is -0.143. The Kier molecular flexibility index (Phi) is 6.16. The highest BCUT2D eigenvalue weighted by Crippen LogP contribution is 2.27.